The Hall–Kier alpha value is -1.35. The second kappa shape index (κ2) is 8.77. The Labute approximate surface area is 167 Å². The van der Waals surface area contributed by atoms with E-state index in [1.54, 1.807) is 0 Å². The first kappa shape index (κ1) is 19.0. The van der Waals surface area contributed by atoms with E-state index < -0.39 is 0 Å². The predicted octanol–water partition coefficient (Wildman–Crippen LogP) is 3.25. The van der Waals surface area contributed by atoms with Crippen LogP contribution in [0.15, 0.2) is 0 Å². The Morgan fingerprint density at radius 1 is 1.15 bits per heavy atom. The highest BCUT2D eigenvalue weighted by Crippen LogP contribution is 2.35. The third-order valence-electron chi connectivity index (χ3n) is 5.72. The van der Waals surface area contributed by atoms with Gasteiger partial charge in [0, 0.05) is 23.3 Å². The zero-order chi connectivity index (χ0) is 18.6. The number of amides is 3. The van der Waals surface area contributed by atoms with Crippen LogP contribution in [0.4, 0.5) is 9.93 Å². The van der Waals surface area contributed by atoms with Gasteiger partial charge in [0.05, 0.1) is 12.1 Å². The van der Waals surface area contributed by atoms with E-state index >= 15 is 0 Å². The third kappa shape index (κ3) is 4.74. The summed E-state index contributed by atoms with van der Waals surface area (Å²) in [5.41, 5.74) is 0. The van der Waals surface area contributed by atoms with Gasteiger partial charge < -0.3 is 16.0 Å². The van der Waals surface area contributed by atoms with Gasteiger partial charge in [-0.2, -0.15) is 11.8 Å². The van der Waals surface area contributed by atoms with Crippen molar-refractivity contribution in [1.29, 1.82) is 0 Å². The lowest BCUT2D eigenvalue weighted by atomic mass is 9.90. The van der Waals surface area contributed by atoms with E-state index in [0.29, 0.717) is 22.7 Å². The fourth-order valence-corrected chi connectivity index (χ4v) is 6.73. The molecule has 0 radical (unpaired) electrons. The minimum atomic E-state index is -0.0423. The zero-order valence-corrected chi connectivity index (χ0v) is 17.0. The molecule has 148 valence electrons. The summed E-state index contributed by atoms with van der Waals surface area (Å²) in [6.07, 6.45) is 9.64. The van der Waals surface area contributed by atoms with Crippen molar-refractivity contribution in [3.63, 3.8) is 0 Å². The summed E-state index contributed by atoms with van der Waals surface area (Å²) in [6, 6.07) is 0.474. The second-order valence-corrected chi connectivity index (χ2v) is 9.98. The van der Waals surface area contributed by atoms with Crippen molar-refractivity contribution >= 4 is 40.2 Å². The van der Waals surface area contributed by atoms with Crippen LogP contribution >= 0.6 is 23.1 Å². The maximum absolute atomic E-state index is 12.2. The van der Waals surface area contributed by atoms with Crippen molar-refractivity contribution in [2.45, 2.75) is 81.0 Å². The smallest absolute Gasteiger partial charge is 0.315 e. The number of hydrogen-bond donors (Lipinski definition) is 3. The van der Waals surface area contributed by atoms with E-state index in [1.807, 2.05) is 11.8 Å². The number of aromatic nitrogens is 2. The van der Waals surface area contributed by atoms with Crippen LogP contribution in [0.3, 0.4) is 0 Å². The number of anilines is 1. The number of nitrogens with one attached hydrogen (secondary N) is 3. The van der Waals surface area contributed by atoms with Crippen LogP contribution in [0.2, 0.25) is 0 Å². The van der Waals surface area contributed by atoms with Crippen molar-refractivity contribution < 1.29 is 9.59 Å². The lowest BCUT2D eigenvalue weighted by molar-refractivity contribution is -0.116. The molecule has 0 spiro atoms. The number of carbonyl (C=O) groups is 2. The summed E-state index contributed by atoms with van der Waals surface area (Å²) in [5, 5.41) is 19.5. The van der Waals surface area contributed by atoms with E-state index in [9.17, 15) is 9.59 Å². The minimum absolute atomic E-state index is 0.0223. The molecule has 3 aliphatic rings. The summed E-state index contributed by atoms with van der Waals surface area (Å²) >= 11 is 3.45. The van der Waals surface area contributed by atoms with Crippen molar-refractivity contribution in [2.24, 2.45) is 0 Å². The van der Waals surface area contributed by atoms with Crippen molar-refractivity contribution in [2.75, 3.05) is 11.1 Å². The first-order valence-electron chi connectivity index (χ1n) is 10.0. The maximum atomic E-state index is 12.2. The molecular formula is C18H27N5O2S2. The predicted molar refractivity (Wildman–Crippen MR) is 108 cm³/mol. The summed E-state index contributed by atoms with van der Waals surface area (Å²) in [5.74, 6) is 1.53. The third-order valence-corrected chi connectivity index (χ3v) is 8.23. The summed E-state index contributed by atoms with van der Waals surface area (Å²) < 4.78 is 0. The van der Waals surface area contributed by atoms with Crippen molar-refractivity contribution in [3.8, 4) is 0 Å². The molecule has 9 heteroatoms. The van der Waals surface area contributed by atoms with Crippen LogP contribution in [0, 0.1) is 0 Å². The van der Waals surface area contributed by atoms with Gasteiger partial charge in [0.1, 0.15) is 5.01 Å². The number of carbonyl (C=O) groups excluding carboxylic acids is 2. The van der Waals surface area contributed by atoms with E-state index in [0.717, 1.165) is 30.0 Å². The second-order valence-electron chi connectivity index (χ2n) is 7.70. The van der Waals surface area contributed by atoms with Gasteiger partial charge in [-0.1, -0.05) is 37.0 Å². The van der Waals surface area contributed by atoms with Gasteiger partial charge in [-0.3, -0.25) is 4.79 Å². The van der Waals surface area contributed by atoms with E-state index in [-0.39, 0.29) is 24.0 Å². The van der Waals surface area contributed by atoms with Gasteiger partial charge >= 0.3 is 6.03 Å². The minimum Gasteiger partial charge on any atom is -0.332 e. The number of fused-ring (bicyclic) bond motifs is 1. The molecule has 0 aromatic carbocycles. The van der Waals surface area contributed by atoms with Gasteiger partial charge in [-0.05, 0) is 25.7 Å². The summed E-state index contributed by atoms with van der Waals surface area (Å²) in [6.45, 7) is 0. The van der Waals surface area contributed by atoms with Crippen LogP contribution < -0.4 is 16.0 Å². The van der Waals surface area contributed by atoms with Gasteiger partial charge in [0.2, 0.25) is 11.0 Å². The normalized spacial score (nSPS) is 27.9. The van der Waals surface area contributed by atoms with Gasteiger partial charge in [-0.25, -0.2) is 4.79 Å². The fraction of sp³-hybridized carbons (Fsp3) is 0.778. The Bertz CT molecular complexity index is 676. The lowest BCUT2D eigenvalue weighted by Crippen LogP contribution is -2.36. The number of urea groups is 1. The highest BCUT2D eigenvalue weighted by molar-refractivity contribution is 8.00. The van der Waals surface area contributed by atoms with E-state index in [4.69, 9.17) is 0 Å². The monoisotopic (exact) mass is 409 g/mol. The van der Waals surface area contributed by atoms with E-state index in [2.05, 4.69) is 26.1 Å². The average molecular weight is 410 g/mol. The first-order valence-corrected chi connectivity index (χ1v) is 11.9. The molecule has 2 aliphatic heterocycles. The van der Waals surface area contributed by atoms with Crippen LogP contribution in [-0.4, -0.2) is 45.2 Å². The summed E-state index contributed by atoms with van der Waals surface area (Å²) in [7, 11) is 0. The molecule has 1 aromatic heterocycles. The fourth-order valence-electron chi connectivity index (χ4n) is 4.26. The zero-order valence-electron chi connectivity index (χ0n) is 15.4. The number of thioether (sulfide) groups is 1. The molecule has 27 heavy (non-hydrogen) atoms. The Morgan fingerprint density at radius 2 is 2.00 bits per heavy atom. The molecule has 0 unspecified atom stereocenters. The standard InChI is InChI=1S/C18H27N5O2S2/c24-14(20-18-23-22-16(27-18)11-6-2-1-3-7-11)9-5-4-8-13-15-12(10-26-13)19-17(25)21-15/h11-13,15H,1-10H2,(H2,19,21,25)(H,20,23,24)/t12-,13+,15+/m1/s1. The largest absolute Gasteiger partial charge is 0.332 e. The molecule has 3 atom stereocenters. The number of rotatable bonds is 7. The van der Waals surface area contributed by atoms with Gasteiger partial charge in [0.15, 0.2) is 0 Å². The van der Waals surface area contributed by atoms with Crippen molar-refractivity contribution in [1.82, 2.24) is 20.8 Å². The number of hydrogen-bond acceptors (Lipinski definition) is 6. The Morgan fingerprint density at radius 3 is 2.85 bits per heavy atom. The molecule has 4 rings (SSSR count). The van der Waals surface area contributed by atoms with Crippen LogP contribution in [-0.2, 0) is 4.79 Å². The van der Waals surface area contributed by atoms with Gasteiger partial charge in [0.25, 0.3) is 0 Å². The molecule has 3 fully saturated rings. The van der Waals surface area contributed by atoms with Crippen LogP contribution in [0.1, 0.15) is 68.7 Å². The average Bonchev–Trinajstić information content (AvgIpc) is 3.36. The quantitative estimate of drug-likeness (QED) is 0.474. The number of nitrogens with zero attached hydrogens (tertiary/aromatic N) is 2. The molecule has 1 saturated carbocycles. The maximum Gasteiger partial charge on any atom is 0.315 e. The molecule has 3 amide bonds. The molecule has 3 heterocycles. The topological polar surface area (TPSA) is 96.0 Å². The Kier molecular flexibility index (Phi) is 6.17. The van der Waals surface area contributed by atoms with Crippen LogP contribution in [0.5, 0.6) is 0 Å². The lowest BCUT2D eigenvalue weighted by Gasteiger charge is -2.18. The molecular weight excluding hydrogens is 382 g/mol. The Balaban J connectivity index is 1.15. The molecule has 1 aliphatic carbocycles. The molecule has 0 bridgehead atoms. The van der Waals surface area contributed by atoms with E-state index in [1.165, 1.54) is 43.4 Å². The molecule has 1 aromatic rings. The first-order chi connectivity index (χ1) is 13.2. The summed E-state index contributed by atoms with van der Waals surface area (Å²) in [4.78, 5) is 23.6. The highest BCUT2D eigenvalue weighted by Gasteiger charge is 2.42. The van der Waals surface area contributed by atoms with Crippen LogP contribution in [0.25, 0.3) is 0 Å². The van der Waals surface area contributed by atoms with Gasteiger partial charge in [-0.15, -0.1) is 10.2 Å². The molecule has 3 N–H and O–H groups in total. The number of unbranched alkanes of at least 4 members (excludes halogenated alkanes) is 1. The highest BCUT2D eigenvalue weighted by atomic mass is 32.2. The van der Waals surface area contributed by atoms with Crippen molar-refractivity contribution in [3.05, 3.63) is 5.01 Å². The molecule has 7 nitrogen and oxygen atoms in total. The SMILES string of the molecule is O=C(CCCC[C@@H]1SC[C@H]2NC(=O)N[C@H]12)Nc1nnc(C2CCCCC2)s1. The molecule has 2 saturated heterocycles.